The number of ether oxygens (including phenoxy) is 2. The van der Waals surface area contributed by atoms with E-state index in [1.165, 1.54) is 16.4 Å². The van der Waals surface area contributed by atoms with Crippen LogP contribution in [0.3, 0.4) is 0 Å². The molecule has 13 heteroatoms. The second-order valence-corrected chi connectivity index (χ2v) is 11.3. The van der Waals surface area contributed by atoms with Crippen LogP contribution >= 0.6 is 12.2 Å². The number of hydrogen-bond acceptors (Lipinski definition) is 8. The molecule has 212 valence electrons. The van der Waals surface area contributed by atoms with Crippen molar-refractivity contribution in [3.63, 3.8) is 0 Å². The Labute approximate surface area is 243 Å². The Balaban J connectivity index is 1.26. The Morgan fingerprint density at radius 1 is 1.00 bits per heavy atom. The van der Waals surface area contributed by atoms with Crippen molar-refractivity contribution in [3.8, 4) is 22.9 Å². The number of hydrazine groups is 1. The number of carbonyl (C=O) groups excluding carboxylic acids is 2. The average molecular weight is 594 g/mol. The Kier molecular flexibility index (Phi) is 9.64. The lowest BCUT2D eigenvalue weighted by Gasteiger charge is -2.26. The quantitative estimate of drug-likeness (QED) is 0.277. The molecule has 1 aliphatic rings. The summed E-state index contributed by atoms with van der Waals surface area (Å²) < 4.78 is 38.0. The Morgan fingerprint density at radius 2 is 1.63 bits per heavy atom. The van der Waals surface area contributed by atoms with Crippen LogP contribution in [0, 0.1) is 18.3 Å². The molecule has 0 spiro atoms. The lowest BCUT2D eigenvalue weighted by atomic mass is 10.0. The standard InChI is InChI=1S/C28H27N5O6S2/c1-19-2-11-24(41(36,37)33-12-14-38-15-13-33)16-25(19)27(35)30-28(40)32-31-26(34)18-39-23-9-7-22(8-10-23)21-5-3-20(17-29)4-6-21/h2-11,16H,12-15,18H2,1H3,(H,31,34)(H2,30,32,35,40). The van der Waals surface area contributed by atoms with Gasteiger partial charge in [-0.1, -0.05) is 30.3 Å². The maximum atomic E-state index is 13.0. The third-order valence-electron chi connectivity index (χ3n) is 6.18. The van der Waals surface area contributed by atoms with Gasteiger partial charge in [0.15, 0.2) is 11.7 Å². The summed E-state index contributed by atoms with van der Waals surface area (Å²) in [4.78, 5) is 25.0. The third-order valence-corrected chi connectivity index (χ3v) is 8.27. The highest BCUT2D eigenvalue weighted by molar-refractivity contribution is 7.89. The molecule has 0 bridgehead atoms. The van der Waals surface area contributed by atoms with Crippen LogP contribution in [0.15, 0.2) is 71.6 Å². The number of morpholine rings is 1. The van der Waals surface area contributed by atoms with E-state index < -0.39 is 21.8 Å². The molecule has 1 fully saturated rings. The topological polar surface area (TPSA) is 150 Å². The van der Waals surface area contributed by atoms with Gasteiger partial charge in [-0.2, -0.15) is 9.57 Å². The number of nitriles is 1. The SMILES string of the molecule is Cc1ccc(S(=O)(=O)N2CCOCC2)cc1C(=O)NC(=S)NNC(=O)COc1ccc(-c2ccc(C#N)cc2)cc1. The molecule has 0 aromatic heterocycles. The highest BCUT2D eigenvalue weighted by atomic mass is 32.2. The summed E-state index contributed by atoms with van der Waals surface area (Å²) in [6, 6.07) is 20.7. The van der Waals surface area contributed by atoms with Crippen molar-refractivity contribution >= 4 is 39.2 Å². The summed E-state index contributed by atoms with van der Waals surface area (Å²) in [5.74, 6) is -0.713. The van der Waals surface area contributed by atoms with Crippen LogP contribution in [0.1, 0.15) is 21.5 Å². The van der Waals surface area contributed by atoms with Crippen molar-refractivity contribution in [2.75, 3.05) is 32.9 Å². The minimum Gasteiger partial charge on any atom is -0.484 e. The average Bonchev–Trinajstić information content (AvgIpc) is 2.99. The number of carbonyl (C=O) groups is 2. The molecule has 3 aromatic carbocycles. The summed E-state index contributed by atoms with van der Waals surface area (Å²) in [6.45, 7) is 2.44. The molecular weight excluding hydrogens is 566 g/mol. The largest absolute Gasteiger partial charge is 0.484 e. The van der Waals surface area contributed by atoms with E-state index in [1.54, 1.807) is 37.3 Å². The first-order valence-corrected chi connectivity index (χ1v) is 14.3. The molecule has 1 heterocycles. The predicted octanol–water partition coefficient (Wildman–Crippen LogP) is 2.27. The first-order chi connectivity index (χ1) is 19.7. The molecule has 0 radical (unpaired) electrons. The van der Waals surface area contributed by atoms with Crippen molar-refractivity contribution in [1.82, 2.24) is 20.5 Å². The van der Waals surface area contributed by atoms with Gasteiger partial charge < -0.3 is 9.47 Å². The fraction of sp³-hybridized carbons (Fsp3) is 0.214. The molecule has 2 amide bonds. The van der Waals surface area contributed by atoms with E-state index in [1.807, 2.05) is 24.3 Å². The van der Waals surface area contributed by atoms with Crippen LogP contribution in [-0.4, -0.2) is 62.6 Å². The van der Waals surface area contributed by atoms with Gasteiger partial charge >= 0.3 is 0 Å². The van der Waals surface area contributed by atoms with Crippen molar-refractivity contribution < 1.29 is 27.5 Å². The van der Waals surface area contributed by atoms with Crippen LogP contribution in [0.2, 0.25) is 0 Å². The second kappa shape index (κ2) is 13.3. The number of thiocarbonyl (C=S) groups is 1. The predicted molar refractivity (Wildman–Crippen MR) is 154 cm³/mol. The monoisotopic (exact) mass is 593 g/mol. The molecular formula is C28H27N5O6S2. The van der Waals surface area contributed by atoms with Crippen LogP contribution < -0.4 is 20.9 Å². The number of sulfonamides is 1. The van der Waals surface area contributed by atoms with Gasteiger partial charge in [0.05, 0.1) is 29.7 Å². The first kappa shape index (κ1) is 29.6. The molecule has 41 heavy (non-hydrogen) atoms. The molecule has 0 unspecified atom stereocenters. The van der Waals surface area contributed by atoms with E-state index in [-0.39, 0.29) is 35.3 Å². The minimum absolute atomic E-state index is 0.00980. The maximum Gasteiger partial charge on any atom is 0.276 e. The number of benzene rings is 3. The van der Waals surface area contributed by atoms with Gasteiger partial charge in [0, 0.05) is 18.7 Å². The summed E-state index contributed by atoms with van der Waals surface area (Å²) in [5, 5.41) is 11.2. The van der Waals surface area contributed by atoms with E-state index in [0.29, 0.717) is 30.1 Å². The molecule has 3 N–H and O–H groups in total. The van der Waals surface area contributed by atoms with Gasteiger partial charge in [-0.25, -0.2) is 8.42 Å². The second-order valence-electron chi connectivity index (χ2n) is 8.95. The van der Waals surface area contributed by atoms with Crippen LogP contribution in [0.25, 0.3) is 11.1 Å². The summed E-state index contributed by atoms with van der Waals surface area (Å²) in [7, 11) is -3.79. The van der Waals surface area contributed by atoms with Gasteiger partial charge in [0.1, 0.15) is 5.75 Å². The van der Waals surface area contributed by atoms with Crippen molar-refractivity contribution in [2.45, 2.75) is 11.8 Å². The lowest BCUT2D eigenvalue weighted by molar-refractivity contribution is -0.123. The lowest BCUT2D eigenvalue weighted by Crippen LogP contribution is -2.49. The molecule has 3 aromatic rings. The van der Waals surface area contributed by atoms with Crippen LogP contribution in [0.5, 0.6) is 5.75 Å². The number of nitrogens with one attached hydrogen (secondary N) is 3. The minimum atomic E-state index is -3.79. The van der Waals surface area contributed by atoms with E-state index in [0.717, 1.165) is 11.1 Å². The fourth-order valence-electron chi connectivity index (χ4n) is 3.94. The molecule has 1 saturated heterocycles. The normalized spacial score (nSPS) is 13.5. The van der Waals surface area contributed by atoms with Crippen molar-refractivity contribution in [2.24, 2.45) is 0 Å². The molecule has 1 aliphatic heterocycles. The summed E-state index contributed by atoms with van der Waals surface area (Å²) in [6.07, 6.45) is 0. The number of aryl methyl sites for hydroxylation is 1. The van der Waals surface area contributed by atoms with E-state index in [9.17, 15) is 18.0 Å². The Hall–Kier alpha value is -4.35. The highest BCUT2D eigenvalue weighted by Crippen LogP contribution is 2.23. The van der Waals surface area contributed by atoms with E-state index >= 15 is 0 Å². The number of hydrogen-bond donors (Lipinski definition) is 3. The van der Waals surface area contributed by atoms with Crippen LogP contribution in [-0.2, 0) is 19.6 Å². The van der Waals surface area contributed by atoms with Crippen molar-refractivity contribution in [1.29, 1.82) is 5.26 Å². The van der Waals surface area contributed by atoms with Gasteiger partial charge in [-0.15, -0.1) is 0 Å². The zero-order valence-electron chi connectivity index (χ0n) is 22.0. The molecule has 0 saturated carbocycles. The maximum absolute atomic E-state index is 13.0. The summed E-state index contributed by atoms with van der Waals surface area (Å²) in [5.41, 5.74) is 7.89. The fourth-order valence-corrected chi connectivity index (χ4v) is 5.51. The number of nitrogens with zero attached hydrogens (tertiary/aromatic N) is 2. The highest BCUT2D eigenvalue weighted by Gasteiger charge is 2.27. The molecule has 11 nitrogen and oxygen atoms in total. The number of rotatable bonds is 7. The molecule has 4 rings (SSSR count). The van der Waals surface area contributed by atoms with Gasteiger partial charge in [0.25, 0.3) is 11.8 Å². The van der Waals surface area contributed by atoms with Crippen LogP contribution in [0.4, 0.5) is 0 Å². The third kappa shape index (κ3) is 7.65. The Bertz CT molecular complexity index is 1580. The molecule has 0 aliphatic carbocycles. The first-order valence-electron chi connectivity index (χ1n) is 12.5. The van der Waals surface area contributed by atoms with Gasteiger partial charge in [0.2, 0.25) is 10.0 Å². The summed E-state index contributed by atoms with van der Waals surface area (Å²) >= 11 is 5.10. The van der Waals surface area contributed by atoms with Gasteiger partial charge in [-0.3, -0.25) is 25.8 Å². The zero-order valence-corrected chi connectivity index (χ0v) is 23.7. The number of amides is 2. The zero-order chi connectivity index (χ0) is 29.4. The van der Waals surface area contributed by atoms with Crippen molar-refractivity contribution in [3.05, 3.63) is 83.4 Å². The Morgan fingerprint density at radius 3 is 2.27 bits per heavy atom. The van der Waals surface area contributed by atoms with Gasteiger partial charge in [-0.05, 0) is 72.2 Å². The van der Waals surface area contributed by atoms with E-state index in [4.69, 9.17) is 27.0 Å². The van der Waals surface area contributed by atoms with E-state index in [2.05, 4.69) is 22.2 Å². The smallest absolute Gasteiger partial charge is 0.276 e. The molecule has 0 atom stereocenters.